The Morgan fingerprint density at radius 1 is 1.32 bits per heavy atom. The molecule has 0 aromatic heterocycles. The summed E-state index contributed by atoms with van der Waals surface area (Å²) in [5.41, 5.74) is 0. The number of hydrogen-bond acceptors (Lipinski definition) is 2. The summed E-state index contributed by atoms with van der Waals surface area (Å²) in [5.74, 6) is 1.92. The van der Waals surface area contributed by atoms with Gasteiger partial charge in [-0.05, 0) is 44.9 Å². The van der Waals surface area contributed by atoms with Crippen LogP contribution in [0.15, 0.2) is 0 Å². The maximum absolute atomic E-state index is 12.7. The molecule has 2 aliphatic rings. The van der Waals surface area contributed by atoms with Gasteiger partial charge in [0.25, 0.3) is 0 Å². The minimum absolute atomic E-state index is 0.0322. The lowest BCUT2D eigenvalue weighted by Gasteiger charge is -2.35. The molecule has 0 spiro atoms. The fourth-order valence-electron chi connectivity index (χ4n) is 3.56. The molecule has 110 valence electrons. The number of hydrogen-bond donors (Lipinski definition) is 0. The summed E-state index contributed by atoms with van der Waals surface area (Å²) in [4.78, 5) is 14.8. The van der Waals surface area contributed by atoms with E-state index in [2.05, 4.69) is 18.7 Å². The first-order valence-electron chi connectivity index (χ1n) is 7.54. The Kier molecular flexibility index (Phi) is 5.13. The van der Waals surface area contributed by atoms with Crippen LogP contribution in [0.5, 0.6) is 0 Å². The van der Waals surface area contributed by atoms with Crippen LogP contribution in [-0.2, 0) is 9.53 Å². The van der Waals surface area contributed by atoms with Crippen LogP contribution in [0.3, 0.4) is 0 Å². The van der Waals surface area contributed by atoms with Crippen molar-refractivity contribution in [2.45, 2.75) is 52.2 Å². The number of carbonyl (C=O) groups is 1. The molecular formula is C15H26ClNO2. The number of rotatable bonds is 3. The third kappa shape index (κ3) is 3.25. The monoisotopic (exact) mass is 287 g/mol. The van der Waals surface area contributed by atoms with Crippen molar-refractivity contribution in [1.29, 1.82) is 0 Å². The first-order chi connectivity index (χ1) is 9.04. The van der Waals surface area contributed by atoms with Crippen LogP contribution in [0.4, 0.5) is 0 Å². The first-order valence-corrected chi connectivity index (χ1v) is 8.08. The standard InChI is InChI=1S/C15H26ClNO2/c1-10-11(2)19-12(3)14(10)15(18)17-8-4-5-13(9-17)6-7-16/h10-14H,4-9H2,1-3H3. The maximum Gasteiger partial charge on any atom is 0.228 e. The number of alkyl halides is 1. The Hall–Kier alpha value is -0.280. The second-order valence-electron chi connectivity index (χ2n) is 6.20. The van der Waals surface area contributed by atoms with Gasteiger partial charge in [-0.25, -0.2) is 0 Å². The molecule has 3 nitrogen and oxygen atoms in total. The molecule has 0 aromatic rings. The number of halogens is 1. The van der Waals surface area contributed by atoms with Gasteiger partial charge in [0.2, 0.25) is 5.91 Å². The zero-order chi connectivity index (χ0) is 14.0. The molecule has 2 aliphatic heterocycles. The Labute approximate surface area is 121 Å². The highest BCUT2D eigenvalue weighted by molar-refractivity contribution is 6.17. The summed E-state index contributed by atoms with van der Waals surface area (Å²) in [6, 6.07) is 0. The largest absolute Gasteiger partial charge is 0.374 e. The van der Waals surface area contributed by atoms with E-state index in [1.165, 1.54) is 6.42 Å². The van der Waals surface area contributed by atoms with E-state index in [9.17, 15) is 4.79 Å². The minimum atomic E-state index is 0.0322. The number of piperidine rings is 1. The van der Waals surface area contributed by atoms with Crippen molar-refractivity contribution in [2.75, 3.05) is 19.0 Å². The molecule has 5 atom stereocenters. The average Bonchev–Trinajstić information content (AvgIpc) is 2.63. The molecule has 2 fully saturated rings. The second-order valence-corrected chi connectivity index (χ2v) is 6.58. The molecule has 5 unspecified atom stereocenters. The molecule has 0 radical (unpaired) electrons. The Balaban J connectivity index is 1.99. The van der Waals surface area contributed by atoms with Crippen molar-refractivity contribution in [2.24, 2.45) is 17.8 Å². The lowest BCUT2D eigenvalue weighted by Crippen LogP contribution is -2.46. The van der Waals surface area contributed by atoms with Crippen LogP contribution in [0.25, 0.3) is 0 Å². The maximum atomic E-state index is 12.7. The summed E-state index contributed by atoms with van der Waals surface area (Å²) in [7, 11) is 0. The van der Waals surface area contributed by atoms with Crippen LogP contribution in [0, 0.1) is 17.8 Å². The zero-order valence-corrected chi connectivity index (χ0v) is 13.0. The van der Waals surface area contributed by atoms with Gasteiger partial charge < -0.3 is 9.64 Å². The number of carbonyl (C=O) groups excluding carboxylic acids is 1. The molecule has 0 saturated carbocycles. The smallest absolute Gasteiger partial charge is 0.228 e. The summed E-state index contributed by atoms with van der Waals surface area (Å²) in [6.45, 7) is 8.03. The van der Waals surface area contributed by atoms with Gasteiger partial charge in [0.05, 0.1) is 18.1 Å². The zero-order valence-electron chi connectivity index (χ0n) is 12.3. The van der Waals surface area contributed by atoms with Crippen LogP contribution < -0.4 is 0 Å². The van der Waals surface area contributed by atoms with Crippen molar-refractivity contribution >= 4 is 17.5 Å². The first kappa shape index (κ1) is 15.1. The number of likely N-dealkylation sites (tertiary alicyclic amines) is 1. The van der Waals surface area contributed by atoms with Gasteiger partial charge in [-0.3, -0.25) is 4.79 Å². The molecule has 4 heteroatoms. The summed E-state index contributed by atoms with van der Waals surface area (Å²) in [6.07, 6.45) is 3.57. The lowest BCUT2D eigenvalue weighted by molar-refractivity contribution is -0.139. The van der Waals surface area contributed by atoms with Gasteiger partial charge in [0, 0.05) is 19.0 Å². The van der Waals surface area contributed by atoms with E-state index in [1.54, 1.807) is 0 Å². The molecule has 2 rings (SSSR count). The van der Waals surface area contributed by atoms with Crippen LogP contribution in [0.2, 0.25) is 0 Å². The van der Waals surface area contributed by atoms with Crippen LogP contribution in [-0.4, -0.2) is 42.0 Å². The van der Waals surface area contributed by atoms with Crippen molar-refractivity contribution in [3.05, 3.63) is 0 Å². The van der Waals surface area contributed by atoms with E-state index in [0.717, 1.165) is 25.9 Å². The van der Waals surface area contributed by atoms with Gasteiger partial charge in [-0.1, -0.05) is 6.92 Å². The van der Waals surface area contributed by atoms with Gasteiger partial charge in [-0.15, -0.1) is 11.6 Å². The van der Waals surface area contributed by atoms with E-state index in [0.29, 0.717) is 23.6 Å². The van der Waals surface area contributed by atoms with Gasteiger partial charge in [0.15, 0.2) is 0 Å². The van der Waals surface area contributed by atoms with Crippen molar-refractivity contribution in [3.8, 4) is 0 Å². The molecule has 2 heterocycles. The third-order valence-corrected chi connectivity index (χ3v) is 5.09. The molecule has 2 saturated heterocycles. The second kappa shape index (κ2) is 6.45. The summed E-state index contributed by atoms with van der Waals surface area (Å²) < 4.78 is 5.80. The summed E-state index contributed by atoms with van der Waals surface area (Å²) >= 11 is 5.83. The van der Waals surface area contributed by atoms with E-state index in [-0.39, 0.29) is 18.1 Å². The van der Waals surface area contributed by atoms with Gasteiger partial charge in [0.1, 0.15) is 0 Å². The third-order valence-electron chi connectivity index (χ3n) is 4.88. The topological polar surface area (TPSA) is 29.5 Å². The molecular weight excluding hydrogens is 262 g/mol. The van der Waals surface area contributed by atoms with E-state index in [4.69, 9.17) is 16.3 Å². The van der Waals surface area contributed by atoms with E-state index in [1.807, 2.05) is 6.92 Å². The molecule has 1 amide bonds. The quantitative estimate of drug-likeness (QED) is 0.747. The van der Waals surface area contributed by atoms with Crippen molar-refractivity contribution in [3.63, 3.8) is 0 Å². The van der Waals surface area contributed by atoms with Crippen LogP contribution in [0.1, 0.15) is 40.0 Å². The Morgan fingerprint density at radius 3 is 2.63 bits per heavy atom. The van der Waals surface area contributed by atoms with E-state index >= 15 is 0 Å². The number of ether oxygens (including phenoxy) is 1. The highest BCUT2D eigenvalue weighted by Gasteiger charge is 2.43. The Bertz CT molecular complexity index is 321. The minimum Gasteiger partial charge on any atom is -0.374 e. The van der Waals surface area contributed by atoms with Crippen LogP contribution >= 0.6 is 11.6 Å². The van der Waals surface area contributed by atoms with E-state index < -0.39 is 0 Å². The predicted octanol–water partition coefficient (Wildman–Crippen LogP) is 2.91. The Morgan fingerprint density at radius 2 is 2.05 bits per heavy atom. The van der Waals surface area contributed by atoms with Gasteiger partial charge >= 0.3 is 0 Å². The molecule has 0 bridgehead atoms. The van der Waals surface area contributed by atoms with Gasteiger partial charge in [-0.2, -0.15) is 0 Å². The highest BCUT2D eigenvalue weighted by atomic mass is 35.5. The molecule has 19 heavy (non-hydrogen) atoms. The average molecular weight is 288 g/mol. The number of amides is 1. The fraction of sp³-hybridized carbons (Fsp3) is 0.933. The van der Waals surface area contributed by atoms with Crippen molar-refractivity contribution < 1.29 is 9.53 Å². The molecule has 0 aromatic carbocycles. The highest BCUT2D eigenvalue weighted by Crippen LogP contribution is 2.34. The predicted molar refractivity (Wildman–Crippen MR) is 77.3 cm³/mol. The normalized spacial score (nSPS) is 39.6. The molecule has 0 aliphatic carbocycles. The lowest BCUT2D eigenvalue weighted by atomic mass is 9.87. The SMILES string of the molecule is CC1OC(C)C(C(=O)N2CCCC(CCCl)C2)C1C. The van der Waals surface area contributed by atoms with Crippen molar-refractivity contribution in [1.82, 2.24) is 4.90 Å². The number of nitrogens with zero attached hydrogens (tertiary/aromatic N) is 1. The fourth-order valence-corrected chi connectivity index (χ4v) is 3.87. The molecule has 0 N–H and O–H groups in total. The summed E-state index contributed by atoms with van der Waals surface area (Å²) in [5, 5.41) is 0.